The Morgan fingerprint density at radius 3 is 2.60 bits per heavy atom. The number of carbonyl (C=O) groups is 1. The van der Waals surface area contributed by atoms with Gasteiger partial charge in [0.15, 0.2) is 5.69 Å². The second-order valence-corrected chi connectivity index (χ2v) is 5.33. The van der Waals surface area contributed by atoms with Crippen LogP contribution in [0.5, 0.6) is 0 Å². The molecule has 7 nitrogen and oxygen atoms in total. The molecule has 0 saturated heterocycles. The van der Waals surface area contributed by atoms with Crippen molar-refractivity contribution in [1.29, 1.82) is 0 Å². The van der Waals surface area contributed by atoms with Crippen LogP contribution in [0.25, 0.3) is 0 Å². The van der Waals surface area contributed by atoms with Gasteiger partial charge in [0, 0.05) is 6.04 Å². The van der Waals surface area contributed by atoms with Crippen LogP contribution in [0.15, 0.2) is 12.5 Å². The SMILES string of the molecule is CC(C)c1c(C(=O)O)nnn1Cc1cncn1C(C)C. The van der Waals surface area contributed by atoms with E-state index in [9.17, 15) is 4.79 Å². The van der Waals surface area contributed by atoms with Gasteiger partial charge in [-0.2, -0.15) is 0 Å². The fourth-order valence-electron chi connectivity index (χ4n) is 2.23. The highest BCUT2D eigenvalue weighted by Crippen LogP contribution is 2.19. The summed E-state index contributed by atoms with van der Waals surface area (Å²) < 4.78 is 3.68. The minimum atomic E-state index is -1.04. The Balaban J connectivity index is 2.39. The first-order chi connectivity index (χ1) is 9.41. The molecule has 1 N–H and O–H groups in total. The maximum Gasteiger partial charge on any atom is 0.358 e. The molecule has 2 aromatic rings. The van der Waals surface area contributed by atoms with Gasteiger partial charge in [-0.3, -0.25) is 0 Å². The van der Waals surface area contributed by atoms with Gasteiger partial charge in [0.25, 0.3) is 0 Å². The molecule has 0 fully saturated rings. The van der Waals surface area contributed by atoms with Gasteiger partial charge in [-0.05, 0) is 19.8 Å². The number of carboxylic acids is 1. The smallest absolute Gasteiger partial charge is 0.358 e. The van der Waals surface area contributed by atoms with Crippen LogP contribution in [0.4, 0.5) is 0 Å². The average molecular weight is 277 g/mol. The van der Waals surface area contributed by atoms with E-state index in [-0.39, 0.29) is 17.7 Å². The van der Waals surface area contributed by atoms with Crippen molar-refractivity contribution in [3.8, 4) is 0 Å². The summed E-state index contributed by atoms with van der Waals surface area (Å²) in [7, 11) is 0. The maximum absolute atomic E-state index is 11.2. The van der Waals surface area contributed by atoms with Crippen LogP contribution in [-0.2, 0) is 6.54 Å². The topological polar surface area (TPSA) is 85.8 Å². The zero-order chi connectivity index (χ0) is 14.9. The molecular weight excluding hydrogens is 258 g/mol. The van der Waals surface area contributed by atoms with Crippen LogP contribution in [-0.4, -0.2) is 35.6 Å². The predicted octanol–water partition coefficient (Wildman–Crippen LogP) is 1.93. The summed E-state index contributed by atoms with van der Waals surface area (Å²) in [6.45, 7) is 8.46. The molecule has 2 aromatic heterocycles. The van der Waals surface area contributed by atoms with Crippen molar-refractivity contribution < 1.29 is 9.90 Å². The monoisotopic (exact) mass is 277 g/mol. The molecule has 20 heavy (non-hydrogen) atoms. The Labute approximate surface area is 117 Å². The number of aromatic nitrogens is 5. The van der Waals surface area contributed by atoms with E-state index in [2.05, 4.69) is 29.1 Å². The lowest BCUT2D eigenvalue weighted by atomic mass is 10.1. The summed E-state index contributed by atoms with van der Waals surface area (Å²) in [5, 5.41) is 16.9. The lowest BCUT2D eigenvalue weighted by molar-refractivity contribution is 0.0688. The minimum Gasteiger partial charge on any atom is -0.476 e. The first kappa shape index (κ1) is 14.2. The first-order valence-electron chi connectivity index (χ1n) is 6.59. The summed E-state index contributed by atoms with van der Waals surface area (Å²) >= 11 is 0. The van der Waals surface area contributed by atoms with Gasteiger partial charge in [-0.15, -0.1) is 5.10 Å². The predicted molar refractivity (Wildman–Crippen MR) is 72.8 cm³/mol. The molecule has 108 valence electrons. The molecule has 0 amide bonds. The van der Waals surface area contributed by atoms with Crippen molar-refractivity contribution in [2.24, 2.45) is 0 Å². The highest BCUT2D eigenvalue weighted by Gasteiger charge is 2.22. The van der Waals surface area contributed by atoms with Gasteiger partial charge in [0.05, 0.1) is 30.5 Å². The van der Waals surface area contributed by atoms with E-state index in [1.165, 1.54) is 0 Å². The third kappa shape index (κ3) is 2.56. The van der Waals surface area contributed by atoms with E-state index in [1.807, 2.05) is 18.4 Å². The third-order valence-corrected chi connectivity index (χ3v) is 3.14. The highest BCUT2D eigenvalue weighted by atomic mass is 16.4. The van der Waals surface area contributed by atoms with E-state index < -0.39 is 5.97 Å². The number of rotatable bonds is 5. The van der Waals surface area contributed by atoms with E-state index in [1.54, 1.807) is 17.2 Å². The van der Waals surface area contributed by atoms with Gasteiger partial charge in [-0.25, -0.2) is 14.5 Å². The van der Waals surface area contributed by atoms with Crippen molar-refractivity contribution in [1.82, 2.24) is 24.5 Å². The van der Waals surface area contributed by atoms with Gasteiger partial charge < -0.3 is 9.67 Å². The van der Waals surface area contributed by atoms with Gasteiger partial charge in [-0.1, -0.05) is 19.1 Å². The molecular formula is C13H19N5O2. The number of hydrogen-bond acceptors (Lipinski definition) is 4. The van der Waals surface area contributed by atoms with E-state index in [0.717, 1.165) is 5.69 Å². The number of carboxylic acid groups (broad SMARTS) is 1. The lowest BCUT2D eigenvalue weighted by Gasteiger charge is -2.14. The average Bonchev–Trinajstić information content (AvgIpc) is 2.95. The van der Waals surface area contributed by atoms with Crippen molar-refractivity contribution >= 4 is 5.97 Å². The van der Waals surface area contributed by atoms with Crippen molar-refractivity contribution in [2.75, 3.05) is 0 Å². The molecule has 0 atom stereocenters. The Hall–Kier alpha value is -2.18. The summed E-state index contributed by atoms with van der Waals surface area (Å²) in [6.07, 6.45) is 3.54. The van der Waals surface area contributed by atoms with Crippen molar-refractivity contribution in [3.63, 3.8) is 0 Å². The van der Waals surface area contributed by atoms with Crippen molar-refractivity contribution in [2.45, 2.75) is 46.2 Å². The van der Waals surface area contributed by atoms with Crippen LogP contribution in [0, 0.1) is 0 Å². The number of hydrogen-bond donors (Lipinski definition) is 1. The van der Waals surface area contributed by atoms with Gasteiger partial charge in [0.2, 0.25) is 0 Å². The minimum absolute atomic E-state index is 0.0237. The quantitative estimate of drug-likeness (QED) is 0.902. The fourth-order valence-corrected chi connectivity index (χ4v) is 2.23. The Bertz CT molecular complexity index is 612. The first-order valence-corrected chi connectivity index (χ1v) is 6.59. The summed E-state index contributed by atoms with van der Waals surface area (Å²) in [5.74, 6) is -1.01. The van der Waals surface area contributed by atoms with Crippen LogP contribution >= 0.6 is 0 Å². The molecule has 0 aliphatic heterocycles. The zero-order valence-corrected chi connectivity index (χ0v) is 12.1. The Morgan fingerprint density at radius 1 is 1.35 bits per heavy atom. The molecule has 0 aromatic carbocycles. The molecule has 0 spiro atoms. The molecule has 7 heteroatoms. The highest BCUT2D eigenvalue weighted by molar-refractivity contribution is 5.86. The summed E-state index contributed by atoms with van der Waals surface area (Å²) in [5.41, 5.74) is 1.63. The van der Waals surface area contributed by atoms with Crippen LogP contribution < -0.4 is 0 Å². The van der Waals surface area contributed by atoms with Crippen molar-refractivity contribution in [3.05, 3.63) is 29.6 Å². The number of imidazole rings is 1. The van der Waals surface area contributed by atoms with Gasteiger partial charge >= 0.3 is 5.97 Å². The fraction of sp³-hybridized carbons (Fsp3) is 0.538. The van der Waals surface area contributed by atoms with E-state index in [4.69, 9.17) is 5.11 Å². The molecule has 0 unspecified atom stereocenters. The molecule has 2 rings (SSSR count). The largest absolute Gasteiger partial charge is 0.476 e. The van der Waals surface area contributed by atoms with E-state index >= 15 is 0 Å². The molecule has 0 aliphatic rings. The number of aromatic carboxylic acids is 1. The second-order valence-electron chi connectivity index (χ2n) is 5.33. The Kier molecular flexibility index (Phi) is 3.87. The number of nitrogens with zero attached hydrogens (tertiary/aromatic N) is 5. The lowest BCUT2D eigenvalue weighted by Crippen LogP contribution is -2.14. The summed E-state index contributed by atoms with van der Waals surface area (Å²) in [6, 6.07) is 0.289. The molecule has 0 saturated carbocycles. The van der Waals surface area contributed by atoms with Crippen LogP contribution in [0.3, 0.4) is 0 Å². The normalized spacial score (nSPS) is 11.5. The molecule has 0 aliphatic carbocycles. The maximum atomic E-state index is 11.2. The zero-order valence-electron chi connectivity index (χ0n) is 12.1. The molecule has 0 radical (unpaired) electrons. The van der Waals surface area contributed by atoms with Gasteiger partial charge in [0.1, 0.15) is 0 Å². The second kappa shape index (κ2) is 5.44. The summed E-state index contributed by atoms with van der Waals surface area (Å²) in [4.78, 5) is 15.3. The van der Waals surface area contributed by atoms with Crippen LogP contribution in [0.1, 0.15) is 61.5 Å². The third-order valence-electron chi connectivity index (χ3n) is 3.14. The van der Waals surface area contributed by atoms with Crippen LogP contribution in [0.2, 0.25) is 0 Å². The van der Waals surface area contributed by atoms with E-state index in [0.29, 0.717) is 12.2 Å². The molecule has 0 bridgehead atoms. The molecule has 2 heterocycles. The standard InChI is InChI=1S/C13H19N5O2/c1-8(2)12-11(13(19)20)15-16-18(12)6-10-5-14-7-17(10)9(3)4/h5,7-9H,6H2,1-4H3,(H,19,20). The Morgan fingerprint density at radius 2 is 2.05 bits per heavy atom.